The van der Waals surface area contributed by atoms with Gasteiger partial charge in [-0.05, 0) is 55.9 Å². The third kappa shape index (κ3) is 4.09. The van der Waals surface area contributed by atoms with Gasteiger partial charge >= 0.3 is 0 Å². The fourth-order valence-corrected chi connectivity index (χ4v) is 3.70. The molecule has 1 aromatic rings. The quantitative estimate of drug-likeness (QED) is 0.765. The predicted octanol–water partition coefficient (Wildman–Crippen LogP) is 4.86. The summed E-state index contributed by atoms with van der Waals surface area (Å²) in [6.07, 6.45) is 7.29. The Morgan fingerprint density at radius 3 is 2.60 bits per heavy atom. The lowest BCUT2D eigenvalue weighted by Gasteiger charge is -2.31. The molecule has 0 heterocycles. The maximum atomic E-state index is 6.75. The first kappa shape index (κ1) is 15.6. The van der Waals surface area contributed by atoms with Crippen molar-refractivity contribution in [1.29, 1.82) is 0 Å². The Balaban J connectivity index is 2.04. The molecular formula is C19H31N. The monoisotopic (exact) mass is 273 g/mol. The second-order valence-corrected chi connectivity index (χ2v) is 8.02. The molecular weight excluding hydrogens is 242 g/mol. The molecule has 0 aliphatic heterocycles. The van der Waals surface area contributed by atoms with Crippen LogP contribution in [0, 0.1) is 18.3 Å². The average molecular weight is 273 g/mol. The fourth-order valence-electron chi connectivity index (χ4n) is 3.70. The van der Waals surface area contributed by atoms with Gasteiger partial charge in [-0.1, -0.05) is 57.0 Å². The number of hydrogen-bond donors (Lipinski definition) is 1. The van der Waals surface area contributed by atoms with E-state index in [4.69, 9.17) is 5.73 Å². The van der Waals surface area contributed by atoms with Gasteiger partial charge in [0, 0.05) is 5.54 Å². The Kier molecular flexibility index (Phi) is 4.59. The molecule has 0 spiro atoms. The van der Waals surface area contributed by atoms with Gasteiger partial charge in [-0.2, -0.15) is 0 Å². The lowest BCUT2D eigenvalue weighted by molar-refractivity contribution is 0.210. The maximum Gasteiger partial charge on any atom is 0.0195 e. The number of benzene rings is 1. The first-order chi connectivity index (χ1) is 9.28. The van der Waals surface area contributed by atoms with Crippen molar-refractivity contribution >= 4 is 0 Å². The van der Waals surface area contributed by atoms with E-state index in [1.54, 1.807) is 0 Å². The highest BCUT2D eigenvalue weighted by molar-refractivity contribution is 5.24. The van der Waals surface area contributed by atoms with Gasteiger partial charge < -0.3 is 5.73 Å². The van der Waals surface area contributed by atoms with Crippen LogP contribution in [0.25, 0.3) is 0 Å². The van der Waals surface area contributed by atoms with E-state index in [0.717, 1.165) is 12.3 Å². The van der Waals surface area contributed by atoms with E-state index in [1.165, 1.54) is 43.2 Å². The van der Waals surface area contributed by atoms with Crippen molar-refractivity contribution < 1.29 is 0 Å². The van der Waals surface area contributed by atoms with Gasteiger partial charge in [0.15, 0.2) is 0 Å². The lowest BCUT2D eigenvalue weighted by atomic mass is 9.76. The van der Waals surface area contributed by atoms with Crippen molar-refractivity contribution in [3.8, 4) is 0 Å². The molecule has 0 amide bonds. The zero-order chi connectivity index (χ0) is 14.8. The van der Waals surface area contributed by atoms with Gasteiger partial charge in [0.2, 0.25) is 0 Å². The van der Waals surface area contributed by atoms with E-state index in [9.17, 15) is 0 Å². The van der Waals surface area contributed by atoms with Crippen molar-refractivity contribution in [3.63, 3.8) is 0 Å². The van der Waals surface area contributed by atoms with E-state index in [-0.39, 0.29) is 5.54 Å². The highest BCUT2D eigenvalue weighted by Crippen LogP contribution is 2.39. The first-order valence-corrected chi connectivity index (χ1v) is 8.13. The van der Waals surface area contributed by atoms with Crippen LogP contribution < -0.4 is 5.73 Å². The molecule has 1 saturated carbocycles. The summed E-state index contributed by atoms with van der Waals surface area (Å²) in [7, 11) is 0. The van der Waals surface area contributed by atoms with Gasteiger partial charge in [-0.3, -0.25) is 0 Å². The lowest BCUT2D eigenvalue weighted by Crippen LogP contribution is -2.41. The van der Waals surface area contributed by atoms with Gasteiger partial charge in [0.25, 0.3) is 0 Å². The summed E-state index contributed by atoms with van der Waals surface area (Å²) in [5.74, 6) is 0.824. The normalized spacial score (nSPS) is 28.1. The van der Waals surface area contributed by atoms with Crippen LogP contribution in [0.5, 0.6) is 0 Å². The van der Waals surface area contributed by atoms with Crippen LogP contribution >= 0.6 is 0 Å². The van der Waals surface area contributed by atoms with Crippen LogP contribution in [0.15, 0.2) is 24.3 Å². The molecule has 0 saturated heterocycles. The van der Waals surface area contributed by atoms with Crippen LogP contribution in [-0.2, 0) is 6.42 Å². The maximum absolute atomic E-state index is 6.75. The highest BCUT2D eigenvalue weighted by Gasteiger charge is 2.33. The number of nitrogens with two attached hydrogens (primary N) is 1. The average Bonchev–Trinajstić information content (AvgIpc) is 2.50. The van der Waals surface area contributed by atoms with Crippen LogP contribution in [0.4, 0.5) is 0 Å². The molecule has 1 aliphatic carbocycles. The Bertz CT molecular complexity index is 443. The minimum absolute atomic E-state index is 0.00773. The van der Waals surface area contributed by atoms with Crippen LogP contribution in [0.2, 0.25) is 0 Å². The summed E-state index contributed by atoms with van der Waals surface area (Å²) < 4.78 is 0. The smallest absolute Gasteiger partial charge is 0.0195 e. The molecule has 2 N–H and O–H groups in total. The molecule has 20 heavy (non-hydrogen) atoms. The molecule has 2 rings (SSSR count). The fraction of sp³-hybridized carbons (Fsp3) is 0.684. The summed E-state index contributed by atoms with van der Waals surface area (Å²) in [6.45, 7) is 9.29. The zero-order valence-corrected chi connectivity index (χ0v) is 13.7. The summed E-state index contributed by atoms with van der Waals surface area (Å²) in [6, 6.07) is 8.84. The molecule has 1 nitrogen and oxygen atoms in total. The van der Waals surface area contributed by atoms with E-state index in [0.29, 0.717) is 5.41 Å². The minimum Gasteiger partial charge on any atom is -0.325 e. The van der Waals surface area contributed by atoms with Crippen LogP contribution in [-0.4, -0.2) is 5.54 Å². The molecule has 1 heteroatoms. The van der Waals surface area contributed by atoms with E-state index < -0.39 is 0 Å². The molecule has 1 fully saturated rings. The molecule has 0 aromatic heterocycles. The van der Waals surface area contributed by atoms with E-state index in [1.807, 2.05) is 0 Å². The van der Waals surface area contributed by atoms with Crippen molar-refractivity contribution in [2.75, 3.05) is 0 Å². The summed E-state index contributed by atoms with van der Waals surface area (Å²) in [4.78, 5) is 0. The minimum atomic E-state index is 0.00773. The summed E-state index contributed by atoms with van der Waals surface area (Å²) >= 11 is 0. The van der Waals surface area contributed by atoms with Crippen LogP contribution in [0.3, 0.4) is 0 Å². The Morgan fingerprint density at radius 1 is 1.20 bits per heavy atom. The van der Waals surface area contributed by atoms with Gasteiger partial charge in [-0.25, -0.2) is 0 Å². The van der Waals surface area contributed by atoms with Crippen molar-refractivity contribution in [2.24, 2.45) is 17.1 Å². The largest absolute Gasteiger partial charge is 0.325 e. The Labute approximate surface area is 125 Å². The Hall–Kier alpha value is -0.820. The van der Waals surface area contributed by atoms with Crippen LogP contribution in [0.1, 0.15) is 64.0 Å². The van der Waals surface area contributed by atoms with E-state index >= 15 is 0 Å². The topological polar surface area (TPSA) is 26.0 Å². The molecule has 0 radical (unpaired) electrons. The standard InChI is InChI=1S/C19H31N/c1-15-7-5-8-16(13-15)14-19(20)11-6-9-17(10-12-19)18(2,3)4/h5,7-8,13,17H,6,9-12,14,20H2,1-4H3. The highest BCUT2D eigenvalue weighted by atomic mass is 14.7. The Morgan fingerprint density at radius 2 is 1.95 bits per heavy atom. The van der Waals surface area contributed by atoms with E-state index in [2.05, 4.69) is 52.0 Å². The zero-order valence-electron chi connectivity index (χ0n) is 13.7. The molecule has 0 bridgehead atoms. The molecule has 1 aromatic carbocycles. The first-order valence-electron chi connectivity index (χ1n) is 8.13. The third-order valence-corrected chi connectivity index (χ3v) is 5.08. The second kappa shape index (κ2) is 5.89. The number of hydrogen-bond acceptors (Lipinski definition) is 1. The molecule has 2 unspecified atom stereocenters. The number of aryl methyl sites for hydroxylation is 1. The SMILES string of the molecule is Cc1cccc(CC2(N)CCCC(C(C)(C)C)CC2)c1. The molecule has 1 aliphatic rings. The molecule has 112 valence electrons. The van der Waals surface area contributed by atoms with Gasteiger partial charge in [0.05, 0.1) is 0 Å². The number of rotatable bonds is 2. The summed E-state index contributed by atoms with van der Waals surface area (Å²) in [5.41, 5.74) is 9.92. The summed E-state index contributed by atoms with van der Waals surface area (Å²) in [5, 5.41) is 0. The predicted molar refractivity (Wildman–Crippen MR) is 87.8 cm³/mol. The van der Waals surface area contributed by atoms with Gasteiger partial charge in [-0.15, -0.1) is 0 Å². The second-order valence-electron chi connectivity index (χ2n) is 8.02. The van der Waals surface area contributed by atoms with Crippen molar-refractivity contribution in [2.45, 2.75) is 71.8 Å². The molecule has 2 atom stereocenters. The van der Waals surface area contributed by atoms with Gasteiger partial charge in [0.1, 0.15) is 0 Å². The van der Waals surface area contributed by atoms with Crippen molar-refractivity contribution in [3.05, 3.63) is 35.4 Å². The third-order valence-electron chi connectivity index (χ3n) is 5.08. The van der Waals surface area contributed by atoms with Crippen molar-refractivity contribution in [1.82, 2.24) is 0 Å².